The Balaban J connectivity index is 1.84. The lowest BCUT2D eigenvalue weighted by Gasteiger charge is -2.12. The third-order valence-electron chi connectivity index (χ3n) is 5.11. The minimum atomic E-state index is -0.680. The molecule has 1 N–H and O–H groups in total. The smallest absolute Gasteiger partial charge is 0.269 e. The number of nitriles is 1. The number of carbonyl (C=O) groups is 1. The van der Waals surface area contributed by atoms with Gasteiger partial charge in [0.1, 0.15) is 28.6 Å². The van der Waals surface area contributed by atoms with Gasteiger partial charge in [-0.3, -0.25) is 14.0 Å². The van der Waals surface area contributed by atoms with Gasteiger partial charge in [0.05, 0.1) is 5.02 Å². The van der Waals surface area contributed by atoms with Crippen LogP contribution < -0.4 is 15.6 Å². The molecule has 0 spiro atoms. The zero-order valence-electron chi connectivity index (χ0n) is 18.7. The topological polar surface area (TPSA) is 96.5 Å². The van der Waals surface area contributed by atoms with Gasteiger partial charge < -0.3 is 10.1 Å². The fourth-order valence-electron chi connectivity index (χ4n) is 3.28. The Kier molecular flexibility index (Phi) is 6.87. The first-order chi connectivity index (χ1) is 16.8. The summed E-state index contributed by atoms with van der Waals surface area (Å²) in [7, 11) is 0. The van der Waals surface area contributed by atoms with E-state index in [9.17, 15) is 14.9 Å². The molecule has 0 fully saturated rings. The number of fused-ring (bicyclic) bond motifs is 1. The third kappa shape index (κ3) is 5.19. The van der Waals surface area contributed by atoms with Gasteiger partial charge in [-0.2, -0.15) is 10.2 Å². The summed E-state index contributed by atoms with van der Waals surface area (Å²) in [5, 5.41) is 13.0. The summed E-state index contributed by atoms with van der Waals surface area (Å²) in [6.07, 6.45) is 2.71. The Bertz CT molecular complexity index is 1590. The van der Waals surface area contributed by atoms with Crippen molar-refractivity contribution < 1.29 is 9.53 Å². The molecule has 4 aromatic rings. The number of halogens is 2. The van der Waals surface area contributed by atoms with Gasteiger partial charge in [-0.05, 0) is 61.9 Å². The molecule has 0 saturated heterocycles. The third-order valence-corrected chi connectivity index (χ3v) is 5.64. The highest BCUT2D eigenvalue weighted by Crippen LogP contribution is 2.32. The number of carbonyl (C=O) groups excluding carboxylic acids is 1. The van der Waals surface area contributed by atoms with Crippen LogP contribution in [0.5, 0.6) is 11.6 Å². The number of anilines is 1. The van der Waals surface area contributed by atoms with Gasteiger partial charge in [0.2, 0.25) is 5.88 Å². The minimum absolute atomic E-state index is 0.0882. The molecule has 174 valence electrons. The summed E-state index contributed by atoms with van der Waals surface area (Å²) < 4.78 is 7.22. The van der Waals surface area contributed by atoms with Crippen LogP contribution in [-0.2, 0) is 4.79 Å². The Hall–Kier alpha value is -4.12. The summed E-state index contributed by atoms with van der Waals surface area (Å²) >= 11 is 12.2. The number of aryl methyl sites for hydroxylation is 2. The van der Waals surface area contributed by atoms with Crippen molar-refractivity contribution in [3.8, 4) is 17.7 Å². The van der Waals surface area contributed by atoms with Crippen molar-refractivity contribution >= 4 is 46.5 Å². The first-order valence-electron chi connectivity index (χ1n) is 10.4. The van der Waals surface area contributed by atoms with Crippen molar-refractivity contribution in [1.82, 2.24) is 9.38 Å². The molecule has 2 heterocycles. The summed E-state index contributed by atoms with van der Waals surface area (Å²) in [5.74, 6) is -0.580. The Morgan fingerprint density at radius 1 is 1.14 bits per heavy atom. The van der Waals surface area contributed by atoms with Gasteiger partial charge in [-0.25, -0.2) is 0 Å². The SMILES string of the molecule is Cc1ccc(NC(=O)/C(C#N)=C/c2c(Oc3ccc(Cl)cc3Cl)nc3c(C)cccn3c2=O)cc1. The van der Waals surface area contributed by atoms with Crippen LogP contribution in [0.3, 0.4) is 0 Å². The number of hydrogen-bond donors (Lipinski definition) is 1. The predicted molar refractivity (Wildman–Crippen MR) is 136 cm³/mol. The lowest BCUT2D eigenvalue weighted by Crippen LogP contribution is -2.20. The molecule has 7 nitrogen and oxygen atoms in total. The van der Waals surface area contributed by atoms with Crippen molar-refractivity contribution in [2.45, 2.75) is 13.8 Å². The number of hydrogen-bond acceptors (Lipinski definition) is 5. The maximum Gasteiger partial charge on any atom is 0.269 e. The van der Waals surface area contributed by atoms with Crippen LogP contribution >= 0.6 is 23.2 Å². The number of pyridine rings is 1. The molecule has 2 aromatic heterocycles. The van der Waals surface area contributed by atoms with Gasteiger partial charge in [0.25, 0.3) is 11.5 Å². The van der Waals surface area contributed by atoms with Gasteiger partial charge in [-0.15, -0.1) is 0 Å². The molecule has 0 unspecified atom stereocenters. The summed E-state index contributed by atoms with van der Waals surface area (Å²) in [6, 6.07) is 17.0. The van der Waals surface area contributed by atoms with E-state index >= 15 is 0 Å². The number of rotatable bonds is 5. The standard InChI is InChI=1S/C26H18Cl2N4O3/c1-15-5-8-19(9-6-15)30-24(33)17(14-29)12-20-25(35-22-10-7-18(27)13-21(22)28)31-23-16(2)4-3-11-32(23)26(20)34/h3-13H,1-2H3,(H,30,33)/b17-12+. The average molecular weight is 505 g/mol. The van der Waals surface area contributed by atoms with Crippen molar-refractivity contribution in [3.05, 3.63) is 103 Å². The van der Waals surface area contributed by atoms with Crippen LogP contribution in [0.25, 0.3) is 11.7 Å². The largest absolute Gasteiger partial charge is 0.437 e. The highest BCUT2D eigenvalue weighted by atomic mass is 35.5. The Labute approximate surface area is 210 Å². The second-order valence-corrected chi connectivity index (χ2v) is 8.53. The number of aromatic nitrogens is 2. The second-order valence-electron chi connectivity index (χ2n) is 7.69. The van der Waals surface area contributed by atoms with E-state index < -0.39 is 11.5 Å². The van der Waals surface area contributed by atoms with E-state index in [1.165, 1.54) is 16.5 Å². The zero-order chi connectivity index (χ0) is 25.1. The normalized spacial score (nSPS) is 11.2. The van der Waals surface area contributed by atoms with Crippen LogP contribution in [0.15, 0.2) is 71.2 Å². The molecule has 9 heteroatoms. The zero-order valence-corrected chi connectivity index (χ0v) is 20.2. The van der Waals surface area contributed by atoms with Crippen LogP contribution in [0.2, 0.25) is 10.0 Å². The van der Waals surface area contributed by atoms with E-state index in [1.54, 1.807) is 43.5 Å². The monoisotopic (exact) mass is 504 g/mol. The van der Waals surface area contributed by atoms with Crippen molar-refractivity contribution in [2.75, 3.05) is 5.32 Å². The lowest BCUT2D eigenvalue weighted by molar-refractivity contribution is -0.112. The van der Waals surface area contributed by atoms with Crippen LogP contribution in [-0.4, -0.2) is 15.3 Å². The van der Waals surface area contributed by atoms with E-state index in [2.05, 4.69) is 10.3 Å². The highest BCUT2D eigenvalue weighted by Gasteiger charge is 2.19. The maximum atomic E-state index is 13.4. The van der Waals surface area contributed by atoms with Gasteiger partial charge in [0.15, 0.2) is 0 Å². The quantitative estimate of drug-likeness (QED) is 0.267. The maximum absolute atomic E-state index is 13.4. The van der Waals surface area contributed by atoms with Crippen molar-refractivity contribution in [2.24, 2.45) is 0 Å². The van der Waals surface area contributed by atoms with Gasteiger partial charge in [0, 0.05) is 16.9 Å². The number of nitrogens with one attached hydrogen (secondary N) is 1. The molecule has 4 rings (SSSR count). The molecule has 1 amide bonds. The Morgan fingerprint density at radius 3 is 2.57 bits per heavy atom. The summed E-state index contributed by atoms with van der Waals surface area (Å²) in [6.45, 7) is 3.72. The van der Waals surface area contributed by atoms with Crippen LogP contribution in [0.1, 0.15) is 16.7 Å². The average Bonchev–Trinajstić information content (AvgIpc) is 2.83. The molecule has 2 aromatic carbocycles. The number of benzene rings is 2. The van der Waals surface area contributed by atoms with E-state index in [0.29, 0.717) is 16.4 Å². The molecule has 0 bridgehead atoms. The molecule has 0 aliphatic rings. The number of ether oxygens (including phenoxy) is 1. The Morgan fingerprint density at radius 2 is 1.89 bits per heavy atom. The van der Waals surface area contributed by atoms with E-state index in [4.69, 9.17) is 27.9 Å². The van der Waals surface area contributed by atoms with Crippen molar-refractivity contribution in [3.63, 3.8) is 0 Å². The minimum Gasteiger partial charge on any atom is -0.437 e. The molecule has 0 saturated carbocycles. The molecule has 0 radical (unpaired) electrons. The second kappa shape index (κ2) is 10.0. The fourth-order valence-corrected chi connectivity index (χ4v) is 3.73. The van der Waals surface area contributed by atoms with Crippen LogP contribution in [0, 0.1) is 25.2 Å². The first kappa shape index (κ1) is 24.0. The lowest BCUT2D eigenvalue weighted by atomic mass is 10.1. The van der Waals surface area contributed by atoms with Crippen LogP contribution in [0.4, 0.5) is 5.69 Å². The summed E-state index contributed by atoms with van der Waals surface area (Å²) in [5.41, 5.74) is 1.71. The highest BCUT2D eigenvalue weighted by molar-refractivity contribution is 6.35. The fraction of sp³-hybridized carbons (Fsp3) is 0.0769. The van der Waals surface area contributed by atoms with Gasteiger partial charge in [-0.1, -0.05) is 47.0 Å². The first-order valence-corrected chi connectivity index (χ1v) is 11.2. The van der Waals surface area contributed by atoms with E-state index in [0.717, 1.165) is 17.2 Å². The van der Waals surface area contributed by atoms with E-state index in [-0.39, 0.29) is 27.8 Å². The predicted octanol–water partition coefficient (Wildman–Crippen LogP) is 5.96. The molecule has 0 aliphatic heterocycles. The molecule has 0 atom stereocenters. The molecule has 35 heavy (non-hydrogen) atoms. The molecule has 0 aliphatic carbocycles. The van der Waals surface area contributed by atoms with Crippen molar-refractivity contribution in [1.29, 1.82) is 5.26 Å². The number of nitrogens with zero attached hydrogens (tertiary/aromatic N) is 3. The summed E-state index contributed by atoms with van der Waals surface area (Å²) in [4.78, 5) is 30.7. The molecular formula is C26H18Cl2N4O3. The number of amides is 1. The molecular weight excluding hydrogens is 487 g/mol. The van der Waals surface area contributed by atoms with Gasteiger partial charge >= 0.3 is 0 Å². The van der Waals surface area contributed by atoms with E-state index in [1.807, 2.05) is 25.1 Å².